The molecule has 75 heavy (non-hydrogen) atoms. The van der Waals surface area contributed by atoms with Crippen LogP contribution in [0.25, 0.3) is 95.0 Å². The first-order valence-electron chi connectivity index (χ1n) is 27.8. The molecule has 0 saturated heterocycles. The topological polar surface area (TPSA) is 50.9 Å². The molecule has 2 fully saturated rings. The first-order chi connectivity index (χ1) is 37.0. The fourth-order valence-corrected chi connectivity index (χ4v) is 11.6. The van der Waals surface area contributed by atoms with E-state index >= 15 is 0 Å². The van der Waals surface area contributed by atoms with Gasteiger partial charge in [0.25, 0.3) is 0 Å². The Kier molecular flexibility index (Phi) is 13.7. The van der Waals surface area contributed by atoms with Gasteiger partial charge in [0.1, 0.15) is 11.6 Å². The SMILES string of the molecule is [2H]C([2H])(c1ccc(-c2ccnc(-c3[c-]c(-c4cccc5c4nc(-c4cc(-c6ccccc6)cc(-c6ccccc6)c4O)n5-c4ccc(CC5CCCC5)cc4-c4ccccc4)cc(C(C)(C)C)c3)c2)cc1)C1CCCC1.[Pt]. The van der Waals surface area contributed by atoms with Gasteiger partial charge >= 0.3 is 0 Å². The van der Waals surface area contributed by atoms with Crippen LogP contribution in [-0.2, 0) is 39.3 Å². The van der Waals surface area contributed by atoms with Crippen LogP contribution in [0.2, 0.25) is 0 Å². The summed E-state index contributed by atoms with van der Waals surface area (Å²) >= 11 is 0. The molecule has 2 aliphatic carbocycles. The van der Waals surface area contributed by atoms with E-state index in [0.717, 1.165) is 127 Å². The van der Waals surface area contributed by atoms with E-state index in [2.05, 4.69) is 177 Å². The monoisotopic (exact) mass is 1160 g/mol. The van der Waals surface area contributed by atoms with Gasteiger partial charge in [0, 0.05) is 46.8 Å². The molecule has 2 aliphatic rings. The Morgan fingerprint density at radius 2 is 1.15 bits per heavy atom. The van der Waals surface area contributed by atoms with Crippen LogP contribution in [0.15, 0.2) is 194 Å². The maximum absolute atomic E-state index is 12.8. The minimum atomic E-state index is -1.35. The molecule has 0 radical (unpaired) electrons. The van der Waals surface area contributed by atoms with E-state index in [4.69, 9.17) is 12.7 Å². The number of rotatable bonds is 12. The number of aromatic hydroxyl groups is 1. The molecule has 376 valence electrons. The maximum atomic E-state index is 12.8. The maximum Gasteiger partial charge on any atom is 0.148 e. The summed E-state index contributed by atoms with van der Waals surface area (Å²) in [6.45, 7) is 6.73. The number of phenols is 1. The number of imidazole rings is 1. The summed E-state index contributed by atoms with van der Waals surface area (Å²) in [7, 11) is 0. The van der Waals surface area contributed by atoms with Crippen LogP contribution in [0.5, 0.6) is 5.75 Å². The average molecular weight is 1160 g/mol. The van der Waals surface area contributed by atoms with Gasteiger partial charge in [-0.1, -0.05) is 223 Å². The van der Waals surface area contributed by atoms with Crippen molar-refractivity contribution in [3.63, 3.8) is 0 Å². The van der Waals surface area contributed by atoms with Gasteiger partial charge in [0.15, 0.2) is 0 Å². The number of benzene rings is 8. The van der Waals surface area contributed by atoms with Gasteiger partial charge in [-0.05, 0) is 111 Å². The van der Waals surface area contributed by atoms with Crippen LogP contribution in [0.3, 0.4) is 0 Å². The zero-order chi connectivity index (χ0) is 52.0. The second-order valence-corrected chi connectivity index (χ2v) is 21.7. The van der Waals surface area contributed by atoms with Gasteiger partial charge in [0.05, 0.1) is 22.3 Å². The summed E-state index contributed by atoms with van der Waals surface area (Å²) in [5.41, 5.74) is 17.8. The van der Waals surface area contributed by atoms with Gasteiger partial charge in [-0.15, -0.1) is 29.3 Å². The predicted octanol–water partition coefficient (Wildman–Crippen LogP) is 18.4. The van der Waals surface area contributed by atoms with Crippen molar-refractivity contribution in [2.24, 2.45) is 11.8 Å². The Bertz CT molecular complexity index is 3700. The summed E-state index contributed by atoms with van der Waals surface area (Å²) in [6, 6.07) is 69.5. The second-order valence-electron chi connectivity index (χ2n) is 21.7. The standard InChI is InChI=1S/C70H64N3O.Pt/c1-70(2,3)59-42-57(41-58(43-59)64-46-55(36-37-71-64)52-33-30-49(31-34-52)38-47-18-13-14-19-47)60-28-17-29-66-67(60)72-69(63-45-56(51-22-7-4-8-23-51)44-62(68(63)74)54-26-11-6-12-27-54)73(66)65-35-32-50(39-48-20-15-16-21-48)40-61(65)53-24-9-5-10-25-53;/h4-12,17,22-37,40,42-48,74H,13-16,18-21,38-39H2,1-3H3;/q-1;/i38D2;. The molecule has 0 aliphatic heterocycles. The van der Waals surface area contributed by atoms with Crippen molar-refractivity contribution in [3.8, 4) is 89.7 Å². The van der Waals surface area contributed by atoms with Crippen LogP contribution in [0, 0.1) is 17.9 Å². The number of aromatic nitrogens is 3. The molecular formula is C70H64N3OPt-. The number of pyridine rings is 1. The van der Waals surface area contributed by atoms with Crippen LogP contribution < -0.4 is 0 Å². The van der Waals surface area contributed by atoms with Crippen molar-refractivity contribution in [1.82, 2.24) is 14.5 Å². The summed E-state index contributed by atoms with van der Waals surface area (Å²) in [5.74, 6) is 1.55. The second kappa shape index (κ2) is 21.6. The van der Waals surface area contributed by atoms with E-state index in [1.165, 1.54) is 31.2 Å². The third-order valence-electron chi connectivity index (χ3n) is 15.6. The van der Waals surface area contributed by atoms with Crippen molar-refractivity contribution in [3.05, 3.63) is 217 Å². The number of nitrogens with zero attached hydrogens (tertiary/aromatic N) is 3. The molecule has 12 rings (SSSR count). The molecule has 2 aromatic heterocycles. The molecule has 0 unspecified atom stereocenters. The summed E-state index contributed by atoms with van der Waals surface area (Å²) < 4.78 is 20.3. The minimum absolute atomic E-state index is 0. The van der Waals surface area contributed by atoms with E-state index in [-0.39, 0.29) is 38.1 Å². The van der Waals surface area contributed by atoms with E-state index < -0.39 is 6.37 Å². The van der Waals surface area contributed by atoms with Crippen molar-refractivity contribution in [2.45, 2.75) is 90.3 Å². The van der Waals surface area contributed by atoms with E-state index in [1.54, 1.807) is 0 Å². The molecule has 1 N–H and O–H groups in total. The molecule has 5 heteroatoms. The Balaban J connectivity index is 0.00000631. The number of phenolic OH excluding ortho intramolecular Hbond substituents is 1. The fraction of sp³-hybridized carbons (Fsp3) is 0.229. The van der Waals surface area contributed by atoms with Gasteiger partial charge in [-0.2, -0.15) is 0 Å². The largest absolute Gasteiger partial charge is 0.507 e. The van der Waals surface area contributed by atoms with Crippen LogP contribution in [0.1, 0.15) is 91.6 Å². The van der Waals surface area contributed by atoms with Crippen LogP contribution >= 0.6 is 0 Å². The molecule has 0 atom stereocenters. The summed E-state index contributed by atoms with van der Waals surface area (Å²) in [6.07, 6.45) is 10.8. The molecule has 8 aromatic carbocycles. The summed E-state index contributed by atoms with van der Waals surface area (Å²) in [4.78, 5) is 10.7. The molecule has 0 bridgehead atoms. The van der Waals surface area contributed by atoms with Crippen LogP contribution in [-0.4, -0.2) is 19.6 Å². The number of fused-ring (bicyclic) bond motifs is 1. The Morgan fingerprint density at radius 3 is 1.83 bits per heavy atom. The van der Waals surface area contributed by atoms with Gasteiger partial charge in [0.2, 0.25) is 0 Å². The smallest absolute Gasteiger partial charge is 0.148 e. The Labute approximate surface area is 460 Å². The van der Waals surface area contributed by atoms with Crippen LogP contribution in [0.4, 0.5) is 0 Å². The van der Waals surface area contributed by atoms with Crippen molar-refractivity contribution in [1.29, 1.82) is 0 Å². The average Bonchev–Trinajstić information content (AvgIpc) is 4.27. The number of para-hydroxylation sites is 1. The Hall–Kier alpha value is -7.13. The minimum Gasteiger partial charge on any atom is -0.507 e. The molecule has 0 spiro atoms. The normalized spacial score (nSPS) is 14.7. The third-order valence-corrected chi connectivity index (χ3v) is 15.6. The summed E-state index contributed by atoms with van der Waals surface area (Å²) in [5, 5.41) is 12.8. The van der Waals surface area contributed by atoms with Gasteiger partial charge in [-0.25, -0.2) is 4.98 Å². The van der Waals surface area contributed by atoms with E-state index in [1.807, 2.05) is 48.7 Å². The number of hydrogen-bond acceptors (Lipinski definition) is 3. The first kappa shape index (κ1) is 47.6. The van der Waals surface area contributed by atoms with Crippen molar-refractivity contribution in [2.75, 3.05) is 0 Å². The van der Waals surface area contributed by atoms with E-state index in [9.17, 15) is 5.11 Å². The van der Waals surface area contributed by atoms with Crippen molar-refractivity contribution < 1.29 is 28.9 Å². The van der Waals surface area contributed by atoms with E-state index in [0.29, 0.717) is 17.3 Å². The van der Waals surface area contributed by atoms with Crippen molar-refractivity contribution >= 4 is 11.0 Å². The molecule has 10 aromatic rings. The zero-order valence-corrected chi connectivity index (χ0v) is 45.4. The predicted molar refractivity (Wildman–Crippen MR) is 307 cm³/mol. The molecule has 2 saturated carbocycles. The third kappa shape index (κ3) is 10.5. The Morgan fingerprint density at radius 1 is 0.547 bits per heavy atom. The molecule has 2 heterocycles. The number of hydrogen-bond donors (Lipinski definition) is 1. The molecule has 4 nitrogen and oxygen atoms in total. The fourth-order valence-electron chi connectivity index (χ4n) is 11.6. The zero-order valence-electron chi connectivity index (χ0n) is 45.1. The molecular weight excluding hydrogens is 1090 g/mol. The molecule has 0 amide bonds. The quantitative estimate of drug-likeness (QED) is 0.124. The van der Waals surface area contributed by atoms with Gasteiger partial charge in [-0.3, -0.25) is 9.55 Å². The first-order valence-corrected chi connectivity index (χ1v) is 26.8. The van der Waals surface area contributed by atoms with Gasteiger partial charge < -0.3 is 5.11 Å².